The van der Waals surface area contributed by atoms with Crippen molar-refractivity contribution in [1.82, 2.24) is 0 Å². The molecule has 234 valence electrons. The molecule has 0 saturated carbocycles. The number of esters is 1. The number of ether oxygens (including phenoxy) is 4. The Morgan fingerprint density at radius 3 is 2.00 bits per heavy atom. The third-order valence-electron chi connectivity index (χ3n) is 7.55. The van der Waals surface area contributed by atoms with Gasteiger partial charge in [-0.2, -0.15) is 0 Å². The van der Waals surface area contributed by atoms with E-state index in [2.05, 4.69) is 13.8 Å². The highest BCUT2D eigenvalue weighted by molar-refractivity contribution is 5.91. The maximum Gasteiger partial charge on any atom is 0.343 e. The van der Waals surface area contributed by atoms with Crippen LogP contribution in [0.4, 0.5) is 0 Å². The van der Waals surface area contributed by atoms with E-state index in [1.165, 1.54) is 0 Å². The molecule has 43 heavy (non-hydrogen) atoms. The highest BCUT2D eigenvalue weighted by Gasteiger charge is 2.22. The van der Waals surface area contributed by atoms with Gasteiger partial charge in [-0.25, -0.2) is 4.79 Å². The van der Waals surface area contributed by atoms with Crippen molar-refractivity contribution in [3.63, 3.8) is 0 Å². The average Bonchev–Trinajstić information content (AvgIpc) is 3.03. The average molecular weight is 593 g/mol. The SMILES string of the molecule is CCC(C)COc1ccc(C(=O)Oc2ccc(-c3ccc(OCCCCCCOCC(C)(CO)CO)cc3)cc2)cc1C. The van der Waals surface area contributed by atoms with Crippen LogP contribution >= 0.6 is 0 Å². The van der Waals surface area contributed by atoms with Crippen molar-refractivity contribution in [3.8, 4) is 28.4 Å². The van der Waals surface area contributed by atoms with Crippen molar-refractivity contribution in [2.75, 3.05) is 39.6 Å². The molecule has 0 bridgehead atoms. The molecule has 1 atom stereocenters. The fourth-order valence-electron chi connectivity index (χ4n) is 4.22. The predicted octanol–water partition coefficient (Wildman–Crippen LogP) is 7.25. The second-order valence-corrected chi connectivity index (χ2v) is 11.7. The van der Waals surface area contributed by atoms with Crippen LogP contribution in [0.1, 0.15) is 68.8 Å². The van der Waals surface area contributed by atoms with Gasteiger partial charge in [0, 0.05) is 12.0 Å². The van der Waals surface area contributed by atoms with E-state index in [0.717, 1.165) is 60.3 Å². The molecular weight excluding hydrogens is 544 g/mol. The molecule has 3 aromatic carbocycles. The van der Waals surface area contributed by atoms with Gasteiger partial charge in [-0.05, 0) is 91.3 Å². The van der Waals surface area contributed by atoms with E-state index in [1.54, 1.807) is 31.2 Å². The number of carbonyl (C=O) groups is 1. The Labute approximate surface area is 256 Å². The maximum atomic E-state index is 12.7. The van der Waals surface area contributed by atoms with Crippen molar-refractivity contribution in [2.45, 2.75) is 59.8 Å². The second kappa shape index (κ2) is 17.7. The van der Waals surface area contributed by atoms with Gasteiger partial charge in [-0.15, -0.1) is 0 Å². The molecule has 0 aliphatic heterocycles. The summed E-state index contributed by atoms with van der Waals surface area (Å²) in [6.45, 7) is 10.2. The standard InChI is InChI=1S/C36H48O7/c1-5-27(2)23-42-34-19-14-31(22-28(34)3)35(39)43-33-17-12-30(13-18-33)29-10-15-32(16-11-29)41-21-9-7-6-8-20-40-26-36(4,24-37)25-38/h10-19,22,27,37-38H,5-9,20-21,23-26H2,1-4H3. The van der Waals surface area contributed by atoms with Gasteiger partial charge in [0.15, 0.2) is 0 Å². The molecule has 0 aromatic heterocycles. The number of aliphatic hydroxyl groups is 2. The number of aliphatic hydroxyl groups excluding tert-OH is 2. The van der Waals surface area contributed by atoms with Crippen molar-refractivity contribution in [2.24, 2.45) is 11.3 Å². The van der Waals surface area contributed by atoms with Crippen molar-refractivity contribution < 1.29 is 34.0 Å². The Hall–Kier alpha value is -3.39. The van der Waals surface area contributed by atoms with Gasteiger partial charge in [0.25, 0.3) is 0 Å². The third kappa shape index (κ3) is 11.3. The largest absolute Gasteiger partial charge is 0.494 e. The van der Waals surface area contributed by atoms with Gasteiger partial charge in [0.05, 0.1) is 38.6 Å². The van der Waals surface area contributed by atoms with Crippen LogP contribution < -0.4 is 14.2 Å². The van der Waals surface area contributed by atoms with Crippen LogP contribution in [0.25, 0.3) is 11.1 Å². The van der Waals surface area contributed by atoms with Crippen LogP contribution in [0.2, 0.25) is 0 Å². The lowest BCUT2D eigenvalue weighted by Crippen LogP contribution is -2.31. The summed E-state index contributed by atoms with van der Waals surface area (Å²) < 4.78 is 23.0. The minimum Gasteiger partial charge on any atom is -0.494 e. The molecule has 0 amide bonds. The molecule has 0 heterocycles. The van der Waals surface area contributed by atoms with Crippen LogP contribution in [0.5, 0.6) is 17.2 Å². The molecule has 7 nitrogen and oxygen atoms in total. The van der Waals surface area contributed by atoms with Gasteiger partial charge in [-0.1, -0.05) is 57.9 Å². The molecule has 0 radical (unpaired) electrons. The lowest BCUT2D eigenvalue weighted by Gasteiger charge is -2.24. The van der Waals surface area contributed by atoms with E-state index in [0.29, 0.717) is 43.7 Å². The smallest absolute Gasteiger partial charge is 0.343 e. The summed E-state index contributed by atoms with van der Waals surface area (Å²) in [4.78, 5) is 12.7. The lowest BCUT2D eigenvalue weighted by atomic mass is 9.95. The quantitative estimate of drug-likeness (QED) is 0.0860. The summed E-state index contributed by atoms with van der Waals surface area (Å²) >= 11 is 0. The first kappa shape index (κ1) is 34.1. The molecule has 3 rings (SSSR count). The van der Waals surface area contributed by atoms with Gasteiger partial charge < -0.3 is 29.2 Å². The Morgan fingerprint density at radius 2 is 1.42 bits per heavy atom. The molecule has 0 fully saturated rings. The minimum absolute atomic E-state index is 0.0865. The lowest BCUT2D eigenvalue weighted by molar-refractivity contribution is -0.0169. The van der Waals surface area contributed by atoms with Crippen LogP contribution in [0.15, 0.2) is 66.7 Å². The number of unbranched alkanes of at least 4 members (excludes halogenated alkanes) is 3. The van der Waals surface area contributed by atoms with Crippen molar-refractivity contribution in [1.29, 1.82) is 0 Å². The first-order valence-electron chi connectivity index (χ1n) is 15.4. The normalized spacial score (nSPS) is 12.1. The predicted molar refractivity (Wildman–Crippen MR) is 170 cm³/mol. The van der Waals surface area contributed by atoms with Crippen LogP contribution in [0, 0.1) is 18.3 Å². The Kier molecular flexibility index (Phi) is 14.0. The summed E-state index contributed by atoms with van der Waals surface area (Å²) in [5.74, 6) is 2.19. The number of aryl methyl sites for hydroxylation is 1. The zero-order valence-electron chi connectivity index (χ0n) is 26.1. The topological polar surface area (TPSA) is 94.5 Å². The number of hydrogen-bond acceptors (Lipinski definition) is 7. The van der Waals surface area contributed by atoms with E-state index >= 15 is 0 Å². The second-order valence-electron chi connectivity index (χ2n) is 11.7. The summed E-state index contributed by atoms with van der Waals surface area (Å²) in [5.41, 5.74) is 2.89. The van der Waals surface area contributed by atoms with Gasteiger partial charge in [0.2, 0.25) is 0 Å². The molecular formula is C36H48O7. The van der Waals surface area contributed by atoms with E-state index in [-0.39, 0.29) is 13.2 Å². The summed E-state index contributed by atoms with van der Waals surface area (Å²) in [7, 11) is 0. The first-order valence-corrected chi connectivity index (χ1v) is 15.4. The van der Waals surface area contributed by atoms with Gasteiger partial charge >= 0.3 is 5.97 Å². The maximum absolute atomic E-state index is 12.7. The molecule has 7 heteroatoms. The number of rotatable bonds is 19. The Bertz CT molecular complexity index is 1230. The number of carbonyl (C=O) groups excluding carboxylic acids is 1. The first-order chi connectivity index (χ1) is 20.8. The van der Waals surface area contributed by atoms with E-state index in [4.69, 9.17) is 18.9 Å². The van der Waals surface area contributed by atoms with Crippen LogP contribution in [-0.4, -0.2) is 55.8 Å². The molecule has 1 unspecified atom stereocenters. The molecule has 0 spiro atoms. The number of hydrogen-bond donors (Lipinski definition) is 2. The van der Waals surface area contributed by atoms with Gasteiger partial charge in [-0.3, -0.25) is 0 Å². The highest BCUT2D eigenvalue weighted by atomic mass is 16.5. The summed E-state index contributed by atoms with van der Waals surface area (Å²) in [6, 6.07) is 20.8. The summed E-state index contributed by atoms with van der Waals surface area (Å²) in [5, 5.41) is 18.6. The van der Waals surface area contributed by atoms with E-state index in [1.807, 2.05) is 49.4 Å². The van der Waals surface area contributed by atoms with E-state index in [9.17, 15) is 15.0 Å². The minimum atomic E-state index is -0.572. The molecule has 0 aliphatic rings. The molecule has 3 aromatic rings. The third-order valence-corrected chi connectivity index (χ3v) is 7.55. The van der Waals surface area contributed by atoms with Crippen molar-refractivity contribution >= 4 is 5.97 Å². The monoisotopic (exact) mass is 592 g/mol. The molecule has 2 N–H and O–H groups in total. The summed E-state index contributed by atoms with van der Waals surface area (Å²) in [6.07, 6.45) is 5.06. The highest BCUT2D eigenvalue weighted by Crippen LogP contribution is 2.26. The van der Waals surface area contributed by atoms with E-state index < -0.39 is 11.4 Å². The zero-order chi connectivity index (χ0) is 31.1. The van der Waals surface area contributed by atoms with Crippen molar-refractivity contribution in [3.05, 3.63) is 77.9 Å². The Balaban J connectivity index is 1.38. The fraction of sp³-hybridized carbons (Fsp3) is 0.472. The van der Waals surface area contributed by atoms with Gasteiger partial charge in [0.1, 0.15) is 17.2 Å². The molecule has 0 saturated heterocycles. The number of benzene rings is 3. The van der Waals surface area contributed by atoms with Crippen LogP contribution in [0.3, 0.4) is 0 Å². The molecule has 0 aliphatic carbocycles. The fourth-order valence-corrected chi connectivity index (χ4v) is 4.22. The zero-order valence-corrected chi connectivity index (χ0v) is 26.1. The Morgan fingerprint density at radius 1 is 0.814 bits per heavy atom. The van der Waals surface area contributed by atoms with Crippen LogP contribution in [-0.2, 0) is 4.74 Å².